The first kappa shape index (κ1) is 14.0. The van der Waals surface area contributed by atoms with Gasteiger partial charge in [-0.1, -0.05) is 0 Å². The van der Waals surface area contributed by atoms with E-state index in [2.05, 4.69) is 21.5 Å². The number of aliphatic hydroxyl groups excluding tert-OH is 1. The Bertz CT molecular complexity index is 535. The van der Waals surface area contributed by atoms with Crippen molar-refractivity contribution in [3.63, 3.8) is 0 Å². The summed E-state index contributed by atoms with van der Waals surface area (Å²) in [5.74, 6) is 0. The van der Waals surface area contributed by atoms with Crippen molar-refractivity contribution in [1.82, 2.24) is 20.1 Å². The summed E-state index contributed by atoms with van der Waals surface area (Å²) in [6, 6.07) is 2.16. The van der Waals surface area contributed by atoms with Gasteiger partial charge in [0.25, 0.3) is 0 Å². The van der Waals surface area contributed by atoms with Crippen molar-refractivity contribution in [2.75, 3.05) is 13.2 Å². The minimum absolute atomic E-state index is 0.293. The van der Waals surface area contributed by atoms with Gasteiger partial charge in [-0.15, -0.1) is 0 Å². The fraction of sp³-hybridized carbons (Fsp3) is 0.571. The number of hydrogen-bond acceptors (Lipinski definition) is 4. The topological polar surface area (TPSA) is 63.0 Å². The largest absolute Gasteiger partial charge is 0.396 e. The van der Waals surface area contributed by atoms with E-state index in [0.29, 0.717) is 6.61 Å². The molecule has 0 radical (unpaired) electrons. The van der Waals surface area contributed by atoms with Gasteiger partial charge in [0.05, 0.1) is 5.69 Å². The molecular weight excluding hydrogens is 240 g/mol. The van der Waals surface area contributed by atoms with Crippen molar-refractivity contribution in [2.45, 2.75) is 32.7 Å². The summed E-state index contributed by atoms with van der Waals surface area (Å²) in [6.45, 7) is 4.11. The van der Waals surface area contributed by atoms with E-state index in [9.17, 15) is 0 Å². The second-order valence-electron chi connectivity index (χ2n) is 4.88. The highest BCUT2D eigenvalue weighted by Crippen LogP contribution is 2.16. The van der Waals surface area contributed by atoms with Crippen LogP contribution in [0.2, 0.25) is 0 Å². The van der Waals surface area contributed by atoms with Gasteiger partial charge in [0, 0.05) is 31.8 Å². The number of aryl methyl sites for hydroxylation is 2. The van der Waals surface area contributed by atoms with Crippen molar-refractivity contribution in [3.05, 3.63) is 23.5 Å². The van der Waals surface area contributed by atoms with E-state index in [4.69, 9.17) is 5.11 Å². The lowest BCUT2D eigenvalue weighted by Gasteiger charge is -2.04. The lowest BCUT2D eigenvalue weighted by Crippen LogP contribution is -2.14. The van der Waals surface area contributed by atoms with Gasteiger partial charge >= 0.3 is 0 Å². The van der Waals surface area contributed by atoms with E-state index in [0.717, 1.165) is 49.1 Å². The highest BCUT2D eigenvalue weighted by Gasteiger charge is 2.06. The Labute approximate surface area is 113 Å². The second-order valence-corrected chi connectivity index (χ2v) is 4.88. The van der Waals surface area contributed by atoms with Crippen LogP contribution in [-0.2, 0) is 13.6 Å². The van der Waals surface area contributed by atoms with Crippen molar-refractivity contribution >= 4 is 11.0 Å². The first-order valence-corrected chi connectivity index (χ1v) is 6.82. The zero-order chi connectivity index (χ0) is 13.7. The van der Waals surface area contributed by atoms with Crippen molar-refractivity contribution < 1.29 is 5.11 Å². The van der Waals surface area contributed by atoms with Crippen molar-refractivity contribution in [2.24, 2.45) is 7.05 Å². The van der Waals surface area contributed by atoms with Gasteiger partial charge in [-0.05, 0) is 44.4 Å². The van der Waals surface area contributed by atoms with Crippen LogP contribution in [0.3, 0.4) is 0 Å². The quantitative estimate of drug-likeness (QED) is 0.743. The first-order valence-electron chi connectivity index (χ1n) is 6.82. The normalized spacial score (nSPS) is 11.3. The van der Waals surface area contributed by atoms with E-state index in [1.165, 1.54) is 5.56 Å². The van der Waals surface area contributed by atoms with Crippen LogP contribution in [0.4, 0.5) is 0 Å². The number of aromatic nitrogens is 3. The molecule has 2 N–H and O–H groups in total. The van der Waals surface area contributed by atoms with Gasteiger partial charge in [0.1, 0.15) is 0 Å². The molecule has 0 fully saturated rings. The maximum absolute atomic E-state index is 8.69. The predicted octanol–water partition coefficient (Wildman–Crippen LogP) is 1.53. The number of nitrogens with one attached hydrogen (secondary N) is 1. The van der Waals surface area contributed by atoms with E-state index in [1.807, 2.05) is 24.9 Å². The third kappa shape index (κ3) is 3.52. The number of rotatable bonds is 7. The molecule has 0 saturated heterocycles. The monoisotopic (exact) mass is 262 g/mol. The fourth-order valence-electron chi connectivity index (χ4n) is 2.22. The lowest BCUT2D eigenvalue weighted by molar-refractivity contribution is 0.283. The van der Waals surface area contributed by atoms with Crippen molar-refractivity contribution in [1.29, 1.82) is 0 Å². The Morgan fingerprint density at radius 1 is 1.32 bits per heavy atom. The van der Waals surface area contributed by atoms with E-state index in [-0.39, 0.29) is 0 Å². The molecule has 0 aromatic carbocycles. The molecule has 0 aliphatic carbocycles. The Balaban J connectivity index is 1.89. The molecule has 2 aromatic rings. The number of fused-ring (bicyclic) bond motifs is 1. The summed E-state index contributed by atoms with van der Waals surface area (Å²) >= 11 is 0. The molecule has 0 aliphatic heterocycles. The van der Waals surface area contributed by atoms with Crippen LogP contribution in [0.1, 0.15) is 30.5 Å². The molecule has 0 bridgehead atoms. The van der Waals surface area contributed by atoms with Gasteiger partial charge in [-0.3, -0.25) is 4.68 Å². The van der Waals surface area contributed by atoms with Crippen LogP contribution in [-0.4, -0.2) is 33.0 Å². The third-order valence-electron chi connectivity index (χ3n) is 3.26. The van der Waals surface area contributed by atoms with E-state index in [1.54, 1.807) is 0 Å². The first-order chi connectivity index (χ1) is 9.22. The zero-order valence-electron chi connectivity index (χ0n) is 11.7. The molecule has 2 rings (SSSR count). The Hall–Kier alpha value is -1.46. The number of aliphatic hydroxyl groups is 1. The summed E-state index contributed by atoms with van der Waals surface area (Å²) in [5, 5.41) is 17.6. The molecule has 0 aliphatic rings. The minimum Gasteiger partial charge on any atom is -0.396 e. The standard InChI is InChI=1S/C14H22N4O/c1-11-13-8-12(9-15-6-4-3-5-7-19)10-16-14(13)18(2)17-11/h8,10,15,19H,3-7,9H2,1-2H3. The molecule has 0 unspecified atom stereocenters. The SMILES string of the molecule is Cc1nn(C)c2ncc(CNCCCCCO)cc12. The van der Waals surface area contributed by atoms with Gasteiger partial charge in [0.15, 0.2) is 5.65 Å². The molecule has 0 saturated carbocycles. The van der Waals surface area contributed by atoms with Gasteiger partial charge in [-0.2, -0.15) is 5.10 Å². The molecule has 2 aromatic heterocycles. The van der Waals surface area contributed by atoms with Gasteiger partial charge in [-0.25, -0.2) is 4.98 Å². The Kier molecular flexibility index (Phi) is 4.87. The Morgan fingerprint density at radius 2 is 2.16 bits per heavy atom. The highest BCUT2D eigenvalue weighted by atomic mass is 16.2. The number of pyridine rings is 1. The third-order valence-corrected chi connectivity index (χ3v) is 3.26. The molecule has 104 valence electrons. The fourth-order valence-corrected chi connectivity index (χ4v) is 2.22. The van der Waals surface area contributed by atoms with Crippen LogP contribution < -0.4 is 5.32 Å². The maximum atomic E-state index is 8.69. The average molecular weight is 262 g/mol. The van der Waals surface area contributed by atoms with Crippen LogP contribution >= 0.6 is 0 Å². The molecule has 0 spiro atoms. The Morgan fingerprint density at radius 3 is 2.95 bits per heavy atom. The molecule has 0 amide bonds. The molecule has 5 nitrogen and oxygen atoms in total. The molecular formula is C14H22N4O. The molecule has 5 heteroatoms. The molecule has 0 atom stereocenters. The van der Waals surface area contributed by atoms with Crippen LogP contribution in [0, 0.1) is 6.92 Å². The average Bonchev–Trinajstić information content (AvgIpc) is 2.69. The summed E-state index contributed by atoms with van der Waals surface area (Å²) in [6.07, 6.45) is 4.97. The highest BCUT2D eigenvalue weighted by molar-refractivity contribution is 5.78. The number of nitrogens with zero attached hydrogens (tertiary/aromatic N) is 3. The van der Waals surface area contributed by atoms with E-state index >= 15 is 0 Å². The maximum Gasteiger partial charge on any atom is 0.157 e. The zero-order valence-corrected chi connectivity index (χ0v) is 11.7. The summed E-state index contributed by atoms with van der Waals surface area (Å²) < 4.78 is 1.82. The smallest absolute Gasteiger partial charge is 0.157 e. The number of hydrogen-bond donors (Lipinski definition) is 2. The molecule has 19 heavy (non-hydrogen) atoms. The summed E-state index contributed by atoms with van der Waals surface area (Å²) in [5.41, 5.74) is 3.14. The summed E-state index contributed by atoms with van der Waals surface area (Å²) in [7, 11) is 1.92. The van der Waals surface area contributed by atoms with Crippen LogP contribution in [0.15, 0.2) is 12.3 Å². The minimum atomic E-state index is 0.293. The van der Waals surface area contributed by atoms with Crippen LogP contribution in [0.5, 0.6) is 0 Å². The molecule has 2 heterocycles. The van der Waals surface area contributed by atoms with Crippen molar-refractivity contribution in [3.8, 4) is 0 Å². The predicted molar refractivity (Wildman–Crippen MR) is 75.9 cm³/mol. The van der Waals surface area contributed by atoms with E-state index < -0.39 is 0 Å². The lowest BCUT2D eigenvalue weighted by atomic mass is 10.2. The summed E-state index contributed by atoms with van der Waals surface area (Å²) in [4.78, 5) is 4.46. The number of unbranched alkanes of at least 4 members (excludes halogenated alkanes) is 2. The van der Waals surface area contributed by atoms with Gasteiger partial charge < -0.3 is 10.4 Å². The second kappa shape index (κ2) is 6.63. The van der Waals surface area contributed by atoms with Crippen LogP contribution in [0.25, 0.3) is 11.0 Å². The van der Waals surface area contributed by atoms with Gasteiger partial charge in [0.2, 0.25) is 0 Å².